The second kappa shape index (κ2) is 15.5. The number of aryl methyl sites for hydroxylation is 1. The fraction of sp³-hybridized carbons (Fsp3) is 0.531. The molecular weight excluding hydrogens is 558 g/mol. The molecule has 1 fully saturated rings. The maximum absolute atomic E-state index is 12.7. The number of nitrogens with zero attached hydrogens (tertiary/aromatic N) is 5. The van der Waals surface area contributed by atoms with Crippen LogP contribution in [-0.4, -0.2) is 81.3 Å². The molecule has 0 bridgehead atoms. The van der Waals surface area contributed by atoms with Gasteiger partial charge in [0.1, 0.15) is 5.52 Å². The van der Waals surface area contributed by atoms with Crippen molar-refractivity contribution in [1.29, 1.82) is 0 Å². The highest BCUT2D eigenvalue weighted by molar-refractivity contribution is 5.88. The first-order valence-electron chi connectivity index (χ1n) is 15.6. The molecule has 1 unspecified atom stereocenters. The molecule has 1 saturated heterocycles. The lowest BCUT2D eigenvalue weighted by atomic mass is 10.0. The molecule has 3 heterocycles. The van der Waals surface area contributed by atoms with Crippen LogP contribution in [0.25, 0.3) is 11.0 Å². The van der Waals surface area contributed by atoms with Crippen LogP contribution in [0.1, 0.15) is 62.6 Å². The number of primary amides is 1. The Morgan fingerprint density at radius 2 is 1.80 bits per heavy atom. The minimum atomic E-state index is -0.514. The number of nitrogens with one attached hydrogen (secondary N) is 2. The summed E-state index contributed by atoms with van der Waals surface area (Å²) in [4.78, 5) is 48.9. The number of nitrogen functional groups attached to an aromatic ring is 1. The lowest BCUT2D eigenvalue weighted by molar-refractivity contribution is -0.133. The molecule has 1 aliphatic rings. The minimum absolute atomic E-state index is 0.00251. The predicted molar refractivity (Wildman–Crippen MR) is 173 cm³/mol. The zero-order valence-corrected chi connectivity index (χ0v) is 26.3. The van der Waals surface area contributed by atoms with Crippen molar-refractivity contribution in [3.05, 3.63) is 47.2 Å². The van der Waals surface area contributed by atoms with Crippen LogP contribution in [0.5, 0.6) is 0 Å². The third-order valence-corrected chi connectivity index (χ3v) is 8.17. The van der Waals surface area contributed by atoms with Gasteiger partial charge in [0.15, 0.2) is 5.82 Å². The van der Waals surface area contributed by atoms with Crippen molar-refractivity contribution in [1.82, 2.24) is 29.7 Å². The Morgan fingerprint density at radius 1 is 1.02 bits per heavy atom. The first-order valence-corrected chi connectivity index (χ1v) is 15.6. The van der Waals surface area contributed by atoms with Gasteiger partial charge in [0.2, 0.25) is 23.7 Å². The van der Waals surface area contributed by atoms with Crippen LogP contribution in [0, 0.1) is 12.8 Å². The fourth-order valence-electron chi connectivity index (χ4n) is 5.61. The Kier molecular flexibility index (Phi) is 11.5. The SMILES string of the molecule is CCCCCNc1nc(N)nc2ccn(Cc3ccc(CN4CCN(C(=O)CCNC(=O)C(C)CC(N)=O)CC4)cc3C)c12. The summed E-state index contributed by atoms with van der Waals surface area (Å²) < 4.78 is 2.18. The van der Waals surface area contributed by atoms with E-state index in [2.05, 4.69) is 62.1 Å². The molecule has 0 radical (unpaired) electrons. The van der Waals surface area contributed by atoms with E-state index in [0.717, 1.165) is 55.9 Å². The Bertz CT molecular complexity index is 1450. The van der Waals surface area contributed by atoms with Crippen molar-refractivity contribution >= 4 is 40.5 Å². The highest BCUT2D eigenvalue weighted by atomic mass is 16.2. The monoisotopic (exact) mass is 605 g/mol. The zero-order chi connectivity index (χ0) is 31.6. The largest absolute Gasteiger partial charge is 0.370 e. The Hall–Kier alpha value is -4.19. The van der Waals surface area contributed by atoms with Crippen molar-refractivity contribution in [2.24, 2.45) is 11.7 Å². The zero-order valence-electron chi connectivity index (χ0n) is 26.3. The third kappa shape index (κ3) is 8.91. The van der Waals surface area contributed by atoms with Crippen LogP contribution in [0.2, 0.25) is 0 Å². The fourth-order valence-corrected chi connectivity index (χ4v) is 5.61. The summed E-state index contributed by atoms with van der Waals surface area (Å²) in [5.41, 5.74) is 16.6. The number of hydrogen-bond donors (Lipinski definition) is 4. The number of anilines is 2. The van der Waals surface area contributed by atoms with E-state index in [1.807, 2.05) is 17.2 Å². The van der Waals surface area contributed by atoms with E-state index in [0.29, 0.717) is 19.6 Å². The molecule has 12 nitrogen and oxygen atoms in total. The second-order valence-corrected chi connectivity index (χ2v) is 11.8. The average Bonchev–Trinajstić information content (AvgIpc) is 3.38. The van der Waals surface area contributed by atoms with Crippen molar-refractivity contribution in [3.63, 3.8) is 0 Å². The van der Waals surface area contributed by atoms with Gasteiger partial charge in [0.25, 0.3) is 0 Å². The summed E-state index contributed by atoms with van der Waals surface area (Å²) in [6.07, 6.45) is 5.69. The first-order chi connectivity index (χ1) is 21.1. The molecule has 0 spiro atoms. The molecule has 1 atom stereocenters. The van der Waals surface area contributed by atoms with Gasteiger partial charge in [-0.1, -0.05) is 44.9 Å². The Balaban J connectivity index is 1.28. The summed E-state index contributed by atoms with van der Waals surface area (Å²) in [6, 6.07) is 8.62. The van der Waals surface area contributed by atoms with Crippen molar-refractivity contribution < 1.29 is 14.4 Å². The number of carbonyl (C=O) groups excluding carboxylic acids is 3. The van der Waals surface area contributed by atoms with Gasteiger partial charge < -0.3 is 31.6 Å². The number of fused-ring (bicyclic) bond motifs is 1. The smallest absolute Gasteiger partial charge is 0.224 e. The average molecular weight is 606 g/mol. The van der Waals surface area contributed by atoms with E-state index in [1.165, 1.54) is 23.1 Å². The second-order valence-electron chi connectivity index (χ2n) is 11.8. The summed E-state index contributed by atoms with van der Waals surface area (Å²) in [5.74, 6) is -0.195. The third-order valence-electron chi connectivity index (χ3n) is 8.17. The number of rotatable bonds is 15. The van der Waals surface area contributed by atoms with E-state index in [-0.39, 0.29) is 37.1 Å². The number of benzene rings is 1. The van der Waals surface area contributed by atoms with Gasteiger partial charge in [-0.2, -0.15) is 4.98 Å². The molecule has 3 aromatic rings. The molecule has 238 valence electrons. The van der Waals surface area contributed by atoms with Gasteiger partial charge in [0.05, 0.1) is 5.52 Å². The topological polar surface area (TPSA) is 164 Å². The standard InChI is InChI=1S/C32H47N9O3/c1-4-5-6-11-35-30-29-26(37-32(34)38-30)10-13-41(29)21-25-8-7-24(18-22(25)2)20-39-14-16-40(17-15-39)28(43)9-12-36-31(44)23(3)19-27(33)42/h7-8,10,13,18,23H,4-6,9,11-12,14-17,19-21H2,1-3H3,(H2,33,42)(H,36,44)(H3,34,35,37,38). The van der Waals surface area contributed by atoms with Gasteiger partial charge >= 0.3 is 0 Å². The lowest BCUT2D eigenvalue weighted by Crippen LogP contribution is -2.48. The summed E-state index contributed by atoms with van der Waals surface area (Å²) in [5, 5.41) is 6.19. The molecule has 0 aliphatic carbocycles. The molecule has 0 saturated carbocycles. The molecule has 44 heavy (non-hydrogen) atoms. The van der Waals surface area contributed by atoms with E-state index in [4.69, 9.17) is 11.5 Å². The van der Waals surface area contributed by atoms with Crippen LogP contribution >= 0.6 is 0 Å². The number of carbonyl (C=O) groups is 3. The number of piperazine rings is 1. The molecule has 1 aromatic carbocycles. The number of unbranched alkanes of at least 4 members (excludes halogenated alkanes) is 2. The van der Waals surface area contributed by atoms with Crippen LogP contribution < -0.4 is 22.1 Å². The summed E-state index contributed by atoms with van der Waals surface area (Å²) >= 11 is 0. The highest BCUT2D eigenvalue weighted by Crippen LogP contribution is 2.25. The van der Waals surface area contributed by atoms with Crippen LogP contribution in [0.4, 0.5) is 11.8 Å². The van der Waals surface area contributed by atoms with Crippen LogP contribution in [0.3, 0.4) is 0 Å². The number of aromatic nitrogens is 3. The van der Waals surface area contributed by atoms with Crippen molar-refractivity contribution in [3.8, 4) is 0 Å². The number of amides is 3. The Morgan fingerprint density at radius 3 is 2.50 bits per heavy atom. The normalized spacial score (nSPS) is 14.5. The van der Waals surface area contributed by atoms with Crippen molar-refractivity contribution in [2.75, 3.05) is 50.3 Å². The molecule has 12 heteroatoms. The molecular formula is C32H47N9O3. The van der Waals surface area contributed by atoms with E-state index in [1.54, 1.807) is 6.92 Å². The van der Waals surface area contributed by atoms with Gasteiger partial charge in [-0.25, -0.2) is 4.98 Å². The van der Waals surface area contributed by atoms with E-state index >= 15 is 0 Å². The quantitative estimate of drug-likeness (QED) is 0.192. The molecule has 1 aliphatic heterocycles. The van der Waals surface area contributed by atoms with Crippen LogP contribution in [-0.2, 0) is 27.5 Å². The van der Waals surface area contributed by atoms with Gasteiger partial charge in [0, 0.05) is 77.3 Å². The molecule has 4 rings (SSSR count). The van der Waals surface area contributed by atoms with Crippen molar-refractivity contribution in [2.45, 2.75) is 66.0 Å². The Labute approximate surface area is 259 Å². The van der Waals surface area contributed by atoms with Gasteiger partial charge in [-0.05, 0) is 36.1 Å². The van der Waals surface area contributed by atoms with E-state index in [9.17, 15) is 14.4 Å². The minimum Gasteiger partial charge on any atom is -0.370 e. The lowest BCUT2D eigenvalue weighted by Gasteiger charge is -2.35. The highest BCUT2D eigenvalue weighted by Gasteiger charge is 2.22. The summed E-state index contributed by atoms with van der Waals surface area (Å²) in [7, 11) is 0. The predicted octanol–water partition coefficient (Wildman–Crippen LogP) is 2.63. The first kappa shape index (κ1) is 32.7. The maximum atomic E-state index is 12.7. The van der Waals surface area contributed by atoms with Crippen LogP contribution in [0.15, 0.2) is 30.5 Å². The molecule has 6 N–H and O–H groups in total. The van der Waals surface area contributed by atoms with Gasteiger partial charge in [-0.3, -0.25) is 19.3 Å². The number of nitrogens with two attached hydrogens (primary N) is 2. The summed E-state index contributed by atoms with van der Waals surface area (Å²) in [6.45, 7) is 11.5. The van der Waals surface area contributed by atoms with E-state index < -0.39 is 11.8 Å². The number of hydrogen-bond acceptors (Lipinski definition) is 8. The maximum Gasteiger partial charge on any atom is 0.224 e. The molecule has 2 aromatic heterocycles. The van der Waals surface area contributed by atoms with Gasteiger partial charge in [-0.15, -0.1) is 0 Å². The molecule has 3 amide bonds.